The van der Waals surface area contributed by atoms with Crippen molar-refractivity contribution in [3.05, 3.63) is 83.7 Å². The zero-order chi connectivity index (χ0) is 42.7. The van der Waals surface area contributed by atoms with E-state index < -0.39 is 23.8 Å². The molecule has 5 rings (SSSR count). The molecular formula is C49H71FN2O8. The van der Waals surface area contributed by atoms with E-state index in [0.29, 0.717) is 36.5 Å². The quantitative estimate of drug-likeness (QED) is 0.0461. The van der Waals surface area contributed by atoms with E-state index in [1.165, 1.54) is 57.1 Å². The monoisotopic (exact) mass is 835 g/mol. The predicted octanol–water partition coefficient (Wildman–Crippen LogP) is 10.7. The molecule has 6 atom stereocenters. The Bertz CT molecular complexity index is 1680. The van der Waals surface area contributed by atoms with Crippen molar-refractivity contribution < 1.29 is 43.6 Å². The highest BCUT2D eigenvalue weighted by molar-refractivity contribution is 6.03. The van der Waals surface area contributed by atoms with Crippen LogP contribution in [-0.4, -0.2) is 76.9 Å². The van der Waals surface area contributed by atoms with E-state index in [4.69, 9.17) is 24.2 Å². The first-order chi connectivity index (χ1) is 29.3. The third-order valence-corrected chi connectivity index (χ3v) is 12.6. The second-order valence-electron chi connectivity index (χ2n) is 16.8. The number of fused-ring (bicyclic) bond motifs is 2. The Morgan fingerprint density at radius 1 is 0.933 bits per heavy atom. The van der Waals surface area contributed by atoms with Crippen molar-refractivity contribution in [1.82, 2.24) is 4.90 Å². The molecule has 0 aromatic heterocycles. The van der Waals surface area contributed by atoms with Gasteiger partial charge in [-0.25, -0.2) is 9.18 Å². The molecule has 0 radical (unpaired) electrons. The number of oxime groups is 1. The number of hydrogen-bond acceptors (Lipinski definition) is 9. The topological polar surface area (TPSA) is 130 Å². The Morgan fingerprint density at radius 3 is 2.28 bits per heavy atom. The highest BCUT2D eigenvalue weighted by atomic mass is 19.1. The van der Waals surface area contributed by atoms with Gasteiger partial charge < -0.3 is 34.4 Å². The summed E-state index contributed by atoms with van der Waals surface area (Å²) in [5, 5.41) is 35.3. The number of aliphatic hydroxyl groups is 2. The van der Waals surface area contributed by atoms with Crippen molar-refractivity contribution in [1.29, 1.82) is 0 Å². The van der Waals surface area contributed by atoms with Crippen LogP contribution in [0.4, 0.5) is 9.18 Å². The van der Waals surface area contributed by atoms with Crippen LogP contribution in [0.5, 0.6) is 11.5 Å². The van der Waals surface area contributed by atoms with Crippen molar-refractivity contribution in [3.8, 4) is 11.5 Å². The molecule has 0 saturated heterocycles. The number of amides is 1. The number of phenolic OH excluding ortho intramolecular Hbond substituents is 1. The van der Waals surface area contributed by atoms with Gasteiger partial charge in [-0.1, -0.05) is 107 Å². The molecule has 1 heterocycles. The maximum atomic E-state index is 14.7. The van der Waals surface area contributed by atoms with Crippen LogP contribution in [0.3, 0.4) is 0 Å². The molecule has 1 saturated carbocycles. The lowest BCUT2D eigenvalue weighted by molar-refractivity contribution is -0.256. The number of benzene rings is 2. The number of aromatic hydroxyl groups is 1. The van der Waals surface area contributed by atoms with E-state index in [1.54, 1.807) is 41.3 Å². The lowest BCUT2D eigenvalue weighted by atomic mass is 9.55. The standard InChI is InChI=1S/C49H71FN2O8/c1-4-7-8-9-10-11-12-13-14-19-31-57-48(56)52(35-36-22-24-38(50)25-23-36)45-34-43(51-59-6-3)41-32-37(20-15-17-28-53)40(21-16-18-29-54)46-42-33-39(55)26-27-44(42)60-49(45,47(41)46)58-30-5-2/h5,22-27,32-33,37,40,45-47,53-55H,2,4,6-21,28-31,34-35H2,1,3H3/t37-,40+,45-,46+,47+,49+/m0/s1. The third-order valence-electron chi connectivity index (χ3n) is 12.6. The van der Waals surface area contributed by atoms with Gasteiger partial charge in [0.25, 0.3) is 0 Å². The number of halogens is 1. The summed E-state index contributed by atoms with van der Waals surface area (Å²) in [5.74, 6) is -1.85. The second-order valence-corrected chi connectivity index (χ2v) is 16.8. The zero-order valence-electron chi connectivity index (χ0n) is 36.2. The van der Waals surface area contributed by atoms with Crippen LogP contribution >= 0.6 is 0 Å². The Hall–Kier alpha value is -3.93. The van der Waals surface area contributed by atoms with Gasteiger partial charge in [-0.2, -0.15) is 0 Å². The molecule has 0 spiro atoms. The number of hydrogen-bond donors (Lipinski definition) is 3. The van der Waals surface area contributed by atoms with Gasteiger partial charge in [-0.15, -0.1) is 6.58 Å². The van der Waals surface area contributed by atoms with Crippen molar-refractivity contribution in [2.45, 2.75) is 147 Å². The van der Waals surface area contributed by atoms with Gasteiger partial charge in [0.2, 0.25) is 5.79 Å². The van der Waals surface area contributed by atoms with Crippen LogP contribution in [0.2, 0.25) is 0 Å². The number of ether oxygens (including phenoxy) is 3. The van der Waals surface area contributed by atoms with Crippen LogP contribution in [0.15, 0.2) is 71.9 Å². The Labute approximate surface area is 357 Å². The molecule has 10 nitrogen and oxygen atoms in total. The van der Waals surface area contributed by atoms with Crippen LogP contribution in [0.1, 0.15) is 140 Å². The Balaban J connectivity index is 1.57. The van der Waals surface area contributed by atoms with Gasteiger partial charge >= 0.3 is 6.09 Å². The van der Waals surface area contributed by atoms with Gasteiger partial charge in [0, 0.05) is 37.7 Å². The lowest BCUT2D eigenvalue weighted by Gasteiger charge is -2.59. The number of aliphatic hydroxyl groups excluding tert-OH is 2. The average molecular weight is 835 g/mol. The Kier molecular flexibility index (Phi) is 19.2. The highest BCUT2D eigenvalue weighted by Gasteiger charge is 2.65. The van der Waals surface area contributed by atoms with E-state index >= 15 is 0 Å². The van der Waals surface area contributed by atoms with E-state index in [-0.39, 0.29) is 68.7 Å². The first-order valence-corrected chi connectivity index (χ1v) is 22.9. The normalized spacial score (nSPS) is 23.6. The summed E-state index contributed by atoms with van der Waals surface area (Å²) < 4.78 is 34.6. The minimum atomic E-state index is -1.47. The number of carbonyl (C=O) groups excluding carboxylic acids is 1. The fourth-order valence-electron chi connectivity index (χ4n) is 9.72. The smallest absolute Gasteiger partial charge is 0.410 e. The molecule has 3 N–H and O–H groups in total. The van der Waals surface area contributed by atoms with Crippen LogP contribution in [0.25, 0.3) is 0 Å². The van der Waals surface area contributed by atoms with Gasteiger partial charge in [-0.3, -0.25) is 4.90 Å². The maximum Gasteiger partial charge on any atom is 0.410 e. The molecule has 2 aromatic rings. The summed E-state index contributed by atoms with van der Waals surface area (Å²) in [5.41, 5.74) is 3.14. The summed E-state index contributed by atoms with van der Waals surface area (Å²) in [6, 6.07) is 10.5. The van der Waals surface area contributed by atoms with E-state index in [1.807, 2.05) is 6.92 Å². The third kappa shape index (κ3) is 12.1. The van der Waals surface area contributed by atoms with Crippen molar-refractivity contribution in [2.75, 3.05) is 33.0 Å². The van der Waals surface area contributed by atoms with E-state index in [9.17, 15) is 24.5 Å². The summed E-state index contributed by atoms with van der Waals surface area (Å²) in [7, 11) is 0. The first-order valence-electron chi connectivity index (χ1n) is 22.9. The summed E-state index contributed by atoms with van der Waals surface area (Å²) >= 11 is 0. The Morgan fingerprint density at radius 2 is 1.62 bits per heavy atom. The minimum absolute atomic E-state index is 0.0288. The fraction of sp³-hybridized carbons (Fsp3) is 0.633. The summed E-state index contributed by atoms with van der Waals surface area (Å²) in [6.07, 6.45) is 19.8. The van der Waals surface area contributed by atoms with E-state index in [2.05, 4.69) is 19.6 Å². The number of nitrogens with zero attached hydrogens (tertiary/aromatic N) is 2. The number of unbranched alkanes of at least 4 members (excludes halogenated alkanes) is 11. The number of carbonyl (C=O) groups is 1. The molecule has 1 amide bonds. The minimum Gasteiger partial charge on any atom is -0.508 e. The molecule has 60 heavy (non-hydrogen) atoms. The molecule has 0 bridgehead atoms. The van der Waals surface area contributed by atoms with Gasteiger partial charge in [0.1, 0.15) is 30.0 Å². The molecule has 1 aliphatic heterocycles. The molecule has 332 valence electrons. The van der Waals surface area contributed by atoms with E-state index in [0.717, 1.165) is 56.1 Å². The molecular weight excluding hydrogens is 764 g/mol. The molecule has 2 aromatic carbocycles. The van der Waals surface area contributed by atoms with Gasteiger partial charge in [0.15, 0.2) is 0 Å². The average Bonchev–Trinajstić information content (AvgIpc) is 3.25. The molecule has 2 aliphatic carbocycles. The predicted molar refractivity (Wildman–Crippen MR) is 233 cm³/mol. The number of allylic oxidation sites excluding steroid dienone is 1. The molecule has 11 heteroatoms. The van der Waals surface area contributed by atoms with Crippen LogP contribution in [-0.2, 0) is 20.9 Å². The first kappa shape index (κ1) is 47.1. The lowest BCUT2D eigenvalue weighted by Crippen LogP contribution is -2.70. The number of phenols is 1. The van der Waals surface area contributed by atoms with Crippen molar-refractivity contribution >= 4 is 11.8 Å². The summed E-state index contributed by atoms with van der Waals surface area (Å²) in [4.78, 5) is 22.2. The van der Waals surface area contributed by atoms with Gasteiger partial charge in [-0.05, 0) is 92.3 Å². The highest BCUT2D eigenvalue weighted by Crippen LogP contribution is 2.62. The zero-order valence-corrected chi connectivity index (χ0v) is 36.2. The van der Waals surface area contributed by atoms with Crippen molar-refractivity contribution in [3.63, 3.8) is 0 Å². The van der Waals surface area contributed by atoms with Gasteiger partial charge in [0.05, 0.1) is 24.8 Å². The SMILES string of the molecule is C=CCO[C@@]12Oc3ccc(O)cc3[C@H]3[C@H](CCCCO)[C@@H](CCCCO)C=C(C(=NOCC)C[C@@H]1N(Cc1ccc(F)cc1)C(=O)OCCCCCCCCCCCC)[C@H]32. The largest absolute Gasteiger partial charge is 0.508 e. The molecule has 1 fully saturated rings. The van der Waals surface area contributed by atoms with Crippen LogP contribution in [0, 0.1) is 23.6 Å². The second kappa shape index (κ2) is 24.5. The fourth-order valence-corrected chi connectivity index (χ4v) is 9.72. The van der Waals surface area contributed by atoms with Crippen LogP contribution < -0.4 is 4.74 Å². The molecule has 0 unspecified atom stereocenters. The van der Waals surface area contributed by atoms with Crippen molar-refractivity contribution in [2.24, 2.45) is 22.9 Å². The maximum absolute atomic E-state index is 14.7. The summed E-state index contributed by atoms with van der Waals surface area (Å²) in [6.45, 7) is 9.10. The molecule has 3 aliphatic rings. The number of rotatable bonds is 27.